The normalized spacial score (nSPS) is 14.8. The number of fused-ring (bicyclic) bond motifs is 1. The minimum Gasteiger partial charge on any atom is -0.492 e. The number of aromatic amines is 1. The number of pyridine rings is 1. The number of anilines is 3. The number of imidazole rings is 1. The Morgan fingerprint density at radius 1 is 0.857 bits per heavy atom. The van der Waals surface area contributed by atoms with Gasteiger partial charge in [0, 0.05) is 88.5 Å². The van der Waals surface area contributed by atoms with Crippen LogP contribution in [0, 0.1) is 36.4 Å². The Morgan fingerprint density at radius 3 is 2.25 bits per heavy atom. The number of carbonyl (C=O) groups is 2. The standard InChI is InChI=1S/C30H32FN6O2P.C26H25F3N6O2/c1-36(2)25-11-12-37(18-25)17-23-7-9-24(15-26(23)31)35-30(38)22-8-10-28(40(3,4)39)21(14-22)6-5-20-13-27-29(32-16-20)34-19-33-27;1-17-4-5-19(14-18(17)6-7-21-16-31-34-25(30)33-21)24(36)32-20-8-9-23(22(15-20)26(27,28)29)37-13-12-35-10-2-3-11-35/h7-10,13-16,19,25H,11-12,17-18H2,1-4H3,(H,35,38)(H,32,33,34);4-5,8-9,14-16H,2-3,10-13H2,1H3,(H,32,36)(H2,30,33,34)/t25-;/m1./s1. The van der Waals surface area contributed by atoms with E-state index in [0.717, 1.165) is 62.6 Å². The number of rotatable bonds is 12. The van der Waals surface area contributed by atoms with Crippen molar-refractivity contribution < 1.29 is 36.5 Å². The van der Waals surface area contributed by atoms with Gasteiger partial charge < -0.3 is 35.6 Å². The lowest BCUT2D eigenvalue weighted by Gasteiger charge is -2.20. The molecule has 0 bridgehead atoms. The molecule has 16 nitrogen and oxygen atoms in total. The van der Waals surface area contributed by atoms with Crippen LogP contribution in [0.25, 0.3) is 11.2 Å². The molecule has 77 heavy (non-hydrogen) atoms. The number of hydrogen-bond acceptors (Lipinski definition) is 13. The maximum atomic E-state index is 14.9. The highest BCUT2D eigenvalue weighted by molar-refractivity contribution is 7.70. The Bertz CT molecular complexity index is 3480. The summed E-state index contributed by atoms with van der Waals surface area (Å²) in [7, 11) is 1.45. The largest absolute Gasteiger partial charge is 0.492 e. The Hall–Kier alpha value is -8.00. The van der Waals surface area contributed by atoms with Gasteiger partial charge >= 0.3 is 6.18 Å². The molecule has 1 atom stereocenters. The summed E-state index contributed by atoms with van der Waals surface area (Å²) < 4.78 is 74.5. The van der Waals surface area contributed by atoms with E-state index < -0.39 is 30.7 Å². The number of nitrogen functional groups attached to an aromatic ring is 1. The second-order valence-electron chi connectivity index (χ2n) is 19.3. The van der Waals surface area contributed by atoms with Crippen molar-refractivity contribution in [2.24, 2.45) is 0 Å². The van der Waals surface area contributed by atoms with Crippen molar-refractivity contribution in [1.29, 1.82) is 0 Å². The molecule has 0 aliphatic carbocycles. The van der Waals surface area contributed by atoms with Gasteiger partial charge in [-0.2, -0.15) is 18.3 Å². The number of aromatic nitrogens is 6. The maximum absolute atomic E-state index is 14.9. The lowest BCUT2D eigenvalue weighted by atomic mass is 10.0. The zero-order valence-corrected chi connectivity index (χ0v) is 44.0. The van der Waals surface area contributed by atoms with Crippen LogP contribution < -0.4 is 26.4 Å². The van der Waals surface area contributed by atoms with Crippen LogP contribution in [0.2, 0.25) is 0 Å². The molecule has 0 radical (unpaired) electrons. The first-order valence-electron chi connectivity index (χ1n) is 24.7. The van der Waals surface area contributed by atoms with Crippen molar-refractivity contribution in [1.82, 2.24) is 44.8 Å². The SMILES string of the molecule is CN(C)[C@@H]1CCN(Cc2ccc(NC(=O)c3ccc(P(C)(C)=O)c(C#Cc4cnc5nc[nH]c5c4)c3)cc2F)C1.Cc1ccc(C(=O)Nc2ccc(OCCN3CCCC3)c(C(F)(F)F)c2)cc1C#Cc1cnnc(N)n1. The molecule has 0 saturated carbocycles. The number of likely N-dealkylation sites (N-methyl/N-ethyl adjacent to an activating group) is 1. The molecule has 398 valence electrons. The number of alkyl halides is 3. The maximum Gasteiger partial charge on any atom is 0.420 e. The van der Waals surface area contributed by atoms with E-state index in [1.807, 2.05) is 13.0 Å². The van der Waals surface area contributed by atoms with Gasteiger partial charge in [0.15, 0.2) is 5.65 Å². The van der Waals surface area contributed by atoms with Crippen LogP contribution in [0.4, 0.5) is 34.9 Å². The summed E-state index contributed by atoms with van der Waals surface area (Å²) in [5, 5.41) is 13.1. The molecular formula is C56H57F4N12O4P. The molecule has 7 aromatic rings. The summed E-state index contributed by atoms with van der Waals surface area (Å²) in [6.07, 6.45) is 3.13. The number of nitrogens with zero attached hydrogens (tertiary/aromatic N) is 8. The molecule has 0 unspecified atom stereocenters. The fourth-order valence-corrected chi connectivity index (χ4v) is 9.85. The molecular weight excluding hydrogens is 1010 g/mol. The van der Waals surface area contributed by atoms with Crippen molar-refractivity contribution in [3.05, 3.63) is 154 Å². The number of likely N-dealkylation sites (tertiary alicyclic amines) is 2. The van der Waals surface area contributed by atoms with Crippen molar-refractivity contribution in [3.63, 3.8) is 0 Å². The van der Waals surface area contributed by atoms with Gasteiger partial charge in [-0.05, 0) is 145 Å². The van der Waals surface area contributed by atoms with E-state index in [4.69, 9.17) is 10.5 Å². The van der Waals surface area contributed by atoms with Gasteiger partial charge in [-0.15, -0.1) is 5.10 Å². The summed E-state index contributed by atoms with van der Waals surface area (Å²) in [6, 6.07) is 20.3. The molecule has 0 spiro atoms. The van der Waals surface area contributed by atoms with E-state index in [9.17, 15) is 31.7 Å². The molecule has 3 aromatic heterocycles. The molecule has 2 amide bonds. The summed E-state index contributed by atoms with van der Waals surface area (Å²) in [4.78, 5) is 47.9. The fraction of sp³-hybridized carbons (Fsp3) is 0.304. The number of H-pyrrole nitrogens is 1. The zero-order valence-electron chi connectivity index (χ0n) is 43.1. The highest BCUT2D eigenvalue weighted by atomic mass is 31.2. The van der Waals surface area contributed by atoms with Gasteiger partial charge in [0.2, 0.25) is 5.95 Å². The molecule has 2 aliphatic rings. The van der Waals surface area contributed by atoms with Crippen LogP contribution in [-0.4, -0.2) is 129 Å². The van der Waals surface area contributed by atoms with Gasteiger partial charge in [0.05, 0.1) is 23.6 Å². The van der Waals surface area contributed by atoms with Crippen molar-refractivity contribution in [2.45, 2.75) is 44.9 Å². The molecule has 21 heteroatoms. The number of hydrogen-bond donors (Lipinski definition) is 4. The molecule has 5 N–H and O–H groups in total. The topological polar surface area (TPSA) is 200 Å². The van der Waals surface area contributed by atoms with Crippen molar-refractivity contribution >= 4 is 52.7 Å². The lowest BCUT2D eigenvalue weighted by Crippen LogP contribution is -2.31. The van der Waals surface area contributed by atoms with Gasteiger partial charge in [0.1, 0.15) is 31.0 Å². The summed E-state index contributed by atoms with van der Waals surface area (Å²) in [6.45, 7) is 10.1. The minimum atomic E-state index is -4.64. The van der Waals surface area contributed by atoms with Gasteiger partial charge in [-0.25, -0.2) is 19.3 Å². The van der Waals surface area contributed by atoms with Crippen LogP contribution in [0.15, 0.2) is 97.6 Å². The second-order valence-corrected chi connectivity index (χ2v) is 22.5. The number of aryl methyl sites for hydroxylation is 1. The first-order valence-corrected chi connectivity index (χ1v) is 27.3. The zero-order chi connectivity index (χ0) is 54.9. The van der Waals surface area contributed by atoms with E-state index in [2.05, 4.69) is 93.2 Å². The summed E-state index contributed by atoms with van der Waals surface area (Å²) in [5.74, 6) is 10.2. The Labute approximate surface area is 443 Å². The van der Waals surface area contributed by atoms with E-state index in [1.54, 1.807) is 74.4 Å². The van der Waals surface area contributed by atoms with E-state index in [1.165, 1.54) is 24.4 Å². The van der Waals surface area contributed by atoms with Crippen LogP contribution in [0.5, 0.6) is 5.75 Å². The monoisotopic (exact) mass is 1070 g/mol. The number of nitrogens with two attached hydrogens (primary N) is 1. The van der Waals surface area contributed by atoms with Crippen LogP contribution in [0.1, 0.15) is 79.1 Å². The highest BCUT2D eigenvalue weighted by Crippen LogP contribution is 2.39. The van der Waals surface area contributed by atoms with Crippen molar-refractivity contribution in [2.75, 3.05) is 83.1 Å². The van der Waals surface area contributed by atoms with E-state index in [-0.39, 0.29) is 35.4 Å². The Balaban J connectivity index is 0.000000204. The number of amides is 2. The lowest BCUT2D eigenvalue weighted by molar-refractivity contribution is -0.138. The Morgan fingerprint density at radius 2 is 1.56 bits per heavy atom. The third-order valence-electron chi connectivity index (χ3n) is 12.9. The number of carbonyl (C=O) groups excluding carboxylic acids is 2. The second kappa shape index (κ2) is 24.3. The first kappa shape index (κ1) is 55.2. The van der Waals surface area contributed by atoms with Gasteiger partial charge in [0.25, 0.3) is 11.8 Å². The van der Waals surface area contributed by atoms with Crippen LogP contribution in [-0.2, 0) is 17.3 Å². The molecule has 9 rings (SSSR count). The molecule has 2 fully saturated rings. The quantitative estimate of drug-likeness (QED) is 0.0521. The van der Waals surface area contributed by atoms with E-state index >= 15 is 0 Å². The molecule has 2 saturated heterocycles. The predicted octanol–water partition coefficient (Wildman–Crippen LogP) is 8.04. The Kier molecular flexibility index (Phi) is 17.5. The summed E-state index contributed by atoms with van der Waals surface area (Å²) >= 11 is 0. The number of benzene rings is 4. The van der Waals surface area contributed by atoms with Gasteiger partial charge in [-0.1, -0.05) is 29.9 Å². The van der Waals surface area contributed by atoms with Crippen LogP contribution in [0.3, 0.4) is 0 Å². The highest BCUT2D eigenvalue weighted by Gasteiger charge is 2.35. The predicted molar refractivity (Wildman–Crippen MR) is 289 cm³/mol. The minimum absolute atomic E-state index is 0.0000350. The number of nitrogens with one attached hydrogen (secondary N) is 3. The average molecular weight is 1070 g/mol. The third-order valence-corrected chi connectivity index (χ3v) is 14.5. The fourth-order valence-electron chi connectivity index (χ4n) is 8.72. The number of halogens is 4. The molecule has 2 aliphatic heterocycles. The average Bonchev–Trinajstić information content (AvgIpc) is 4.20. The summed E-state index contributed by atoms with van der Waals surface area (Å²) in [5.41, 5.74) is 10.2. The van der Waals surface area contributed by atoms with Gasteiger partial charge in [-0.3, -0.25) is 19.4 Å². The molecule has 5 heterocycles. The number of ether oxygens (including phenoxy) is 1. The van der Waals surface area contributed by atoms with Crippen LogP contribution >= 0.6 is 7.14 Å². The smallest absolute Gasteiger partial charge is 0.420 e. The van der Waals surface area contributed by atoms with E-state index in [0.29, 0.717) is 69.3 Å². The van der Waals surface area contributed by atoms with Crippen molar-refractivity contribution in [3.8, 4) is 29.4 Å². The molecule has 4 aromatic carbocycles. The third kappa shape index (κ3) is 14.9. The first-order chi connectivity index (χ1) is 36.7.